The van der Waals surface area contributed by atoms with Gasteiger partial charge in [0.2, 0.25) is 19.3 Å². The number of carbonyl (C=O) groups excluding carboxylic acids is 2. The van der Waals surface area contributed by atoms with Gasteiger partial charge in [-0.05, 0) is 53.6 Å². The maximum absolute atomic E-state index is 13.6. The van der Waals surface area contributed by atoms with Crippen molar-refractivity contribution in [1.82, 2.24) is 4.90 Å². The van der Waals surface area contributed by atoms with Crippen LogP contribution in [0.15, 0.2) is 54.1 Å². The molecule has 1 amide bonds. The molecule has 0 aliphatic carbocycles. The van der Waals surface area contributed by atoms with E-state index in [1.165, 1.54) is 32.3 Å². The van der Waals surface area contributed by atoms with Gasteiger partial charge in [-0.15, -0.1) is 0 Å². The molecule has 1 N–H and O–H groups in total. The zero-order chi connectivity index (χ0) is 28.0. The summed E-state index contributed by atoms with van der Waals surface area (Å²) in [5, 5.41) is 11.5. The van der Waals surface area contributed by atoms with Gasteiger partial charge in [-0.1, -0.05) is 6.07 Å². The van der Waals surface area contributed by atoms with Crippen molar-refractivity contribution >= 4 is 17.4 Å². The predicted molar refractivity (Wildman–Crippen MR) is 139 cm³/mol. The Balaban J connectivity index is 1.50. The van der Waals surface area contributed by atoms with Gasteiger partial charge in [-0.3, -0.25) is 9.59 Å². The summed E-state index contributed by atoms with van der Waals surface area (Å²) in [5.74, 6) is 1.13. The van der Waals surface area contributed by atoms with Crippen molar-refractivity contribution in [3.05, 3.63) is 70.8 Å². The number of ketones is 1. The average Bonchev–Trinajstić information content (AvgIpc) is 3.71. The SMILES string of the molecule is COc1ccc(C(O)=C2C(=O)C(=O)N(Cc3ccc4c(c3)OCO4)[C@@H]2c2cc(OC)c3c(c2)OCO3)cc1OC. The molecule has 0 aromatic heterocycles. The fraction of sp³-hybridized carbons (Fsp3) is 0.241. The number of hydrogen-bond donors (Lipinski definition) is 1. The Morgan fingerprint density at radius 3 is 2.33 bits per heavy atom. The molecule has 3 heterocycles. The molecule has 40 heavy (non-hydrogen) atoms. The Hall–Kier alpha value is -5.06. The molecule has 3 aromatic carbocycles. The van der Waals surface area contributed by atoms with Crippen molar-refractivity contribution in [3.8, 4) is 40.2 Å². The van der Waals surface area contributed by atoms with Crippen molar-refractivity contribution in [3.63, 3.8) is 0 Å². The van der Waals surface area contributed by atoms with Gasteiger partial charge >= 0.3 is 0 Å². The summed E-state index contributed by atoms with van der Waals surface area (Å²) in [4.78, 5) is 28.5. The molecule has 1 saturated heterocycles. The molecule has 1 fully saturated rings. The van der Waals surface area contributed by atoms with Crippen molar-refractivity contribution in [1.29, 1.82) is 0 Å². The van der Waals surface area contributed by atoms with E-state index in [4.69, 9.17) is 33.2 Å². The van der Waals surface area contributed by atoms with Crippen LogP contribution in [0.3, 0.4) is 0 Å². The summed E-state index contributed by atoms with van der Waals surface area (Å²) in [6.45, 7) is 0.148. The Bertz CT molecular complexity index is 1560. The molecule has 3 aliphatic rings. The lowest BCUT2D eigenvalue weighted by molar-refractivity contribution is -0.140. The standard InChI is InChI=1S/C29H25NO10/c1-34-18-7-5-16(9-20(18)35-2)26(31)24-25(17-10-22(36-3)28-23(11-17)39-14-40-28)30(29(33)27(24)32)12-15-4-6-19-21(8-15)38-13-37-19/h4-11,25,31H,12-14H2,1-3H3/t25-/m1/s1. The molecule has 3 aromatic rings. The van der Waals surface area contributed by atoms with Gasteiger partial charge in [-0.25, -0.2) is 0 Å². The zero-order valence-corrected chi connectivity index (χ0v) is 21.9. The highest BCUT2D eigenvalue weighted by molar-refractivity contribution is 6.46. The molecule has 3 aliphatic heterocycles. The lowest BCUT2D eigenvalue weighted by Crippen LogP contribution is -2.29. The Labute approximate surface area is 229 Å². The first-order valence-electron chi connectivity index (χ1n) is 12.3. The second-order valence-electron chi connectivity index (χ2n) is 9.14. The minimum Gasteiger partial charge on any atom is -0.507 e. The van der Waals surface area contributed by atoms with Crippen LogP contribution < -0.4 is 33.2 Å². The van der Waals surface area contributed by atoms with E-state index in [0.29, 0.717) is 51.4 Å². The van der Waals surface area contributed by atoms with Gasteiger partial charge in [0.1, 0.15) is 5.76 Å². The number of fused-ring (bicyclic) bond motifs is 2. The van der Waals surface area contributed by atoms with Crippen molar-refractivity contribution in [2.45, 2.75) is 12.6 Å². The number of rotatable bonds is 7. The van der Waals surface area contributed by atoms with Crippen LogP contribution in [0.5, 0.6) is 40.2 Å². The highest BCUT2D eigenvalue weighted by atomic mass is 16.7. The number of ether oxygens (including phenoxy) is 7. The highest BCUT2D eigenvalue weighted by Gasteiger charge is 2.47. The van der Waals surface area contributed by atoms with E-state index in [1.54, 1.807) is 42.5 Å². The number of aliphatic hydroxyl groups is 1. The van der Waals surface area contributed by atoms with Crippen molar-refractivity contribution in [2.75, 3.05) is 34.9 Å². The van der Waals surface area contributed by atoms with E-state index in [1.807, 2.05) is 0 Å². The zero-order valence-electron chi connectivity index (χ0n) is 21.9. The Morgan fingerprint density at radius 2 is 1.55 bits per heavy atom. The second-order valence-corrected chi connectivity index (χ2v) is 9.14. The van der Waals surface area contributed by atoms with E-state index < -0.39 is 17.7 Å². The van der Waals surface area contributed by atoms with E-state index >= 15 is 0 Å². The second kappa shape index (κ2) is 9.92. The highest BCUT2D eigenvalue weighted by Crippen LogP contribution is 2.48. The van der Waals surface area contributed by atoms with Crippen LogP contribution in [0.25, 0.3) is 5.76 Å². The molecular formula is C29H25NO10. The summed E-state index contributed by atoms with van der Waals surface area (Å²) in [6, 6.07) is 12.4. The maximum atomic E-state index is 13.6. The average molecular weight is 548 g/mol. The van der Waals surface area contributed by atoms with Crippen LogP contribution in [0.2, 0.25) is 0 Å². The summed E-state index contributed by atoms with van der Waals surface area (Å²) in [6.07, 6.45) is 0. The van der Waals surface area contributed by atoms with E-state index in [2.05, 4.69) is 0 Å². The van der Waals surface area contributed by atoms with Crippen molar-refractivity contribution < 1.29 is 47.9 Å². The lowest BCUT2D eigenvalue weighted by Gasteiger charge is -2.26. The minimum atomic E-state index is -0.984. The number of carbonyl (C=O) groups is 2. The van der Waals surface area contributed by atoms with E-state index in [0.717, 1.165) is 0 Å². The van der Waals surface area contributed by atoms with Crippen LogP contribution in [-0.2, 0) is 16.1 Å². The van der Waals surface area contributed by atoms with Crippen LogP contribution >= 0.6 is 0 Å². The van der Waals surface area contributed by atoms with Gasteiger partial charge in [-0.2, -0.15) is 0 Å². The van der Waals surface area contributed by atoms with Crippen molar-refractivity contribution in [2.24, 2.45) is 0 Å². The number of likely N-dealkylation sites (tertiary alicyclic amines) is 1. The third-order valence-corrected chi connectivity index (χ3v) is 6.98. The first-order chi connectivity index (χ1) is 19.4. The van der Waals surface area contributed by atoms with Crippen LogP contribution in [0.1, 0.15) is 22.7 Å². The molecule has 0 spiro atoms. The number of hydrogen-bond acceptors (Lipinski definition) is 10. The monoisotopic (exact) mass is 547 g/mol. The Kier molecular flexibility index (Phi) is 6.25. The predicted octanol–water partition coefficient (Wildman–Crippen LogP) is 3.79. The Morgan fingerprint density at radius 1 is 0.825 bits per heavy atom. The summed E-state index contributed by atoms with van der Waals surface area (Å²) in [5.41, 5.74) is 1.37. The van der Waals surface area contributed by atoms with Crippen LogP contribution in [-0.4, -0.2) is 56.6 Å². The molecule has 6 rings (SSSR count). The summed E-state index contributed by atoms with van der Waals surface area (Å²) >= 11 is 0. The smallest absolute Gasteiger partial charge is 0.295 e. The number of aliphatic hydroxyl groups excluding tert-OH is 1. The summed E-state index contributed by atoms with van der Waals surface area (Å²) < 4.78 is 38.2. The molecule has 11 heteroatoms. The van der Waals surface area contributed by atoms with Gasteiger partial charge in [0.15, 0.2) is 34.5 Å². The maximum Gasteiger partial charge on any atom is 0.295 e. The topological polar surface area (TPSA) is 122 Å². The molecule has 11 nitrogen and oxygen atoms in total. The molecule has 0 radical (unpaired) electrons. The number of methoxy groups -OCH3 is 3. The van der Waals surface area contributed by atoms with Gasteiger partial charge in [0.25, 0.3) is 11.7 Å². The van der Waals surface area contributed by atoms with Gasteiger partial charge in [0.05, 0.1) is 32.9 Å². The molecule has 0 unspecified atom stereocenters. The fourth-order valence-corrected chi connectivity index (χ4v) is 5.07. The number of benzene rings is 3. The van der Waals surface area contributed by atoms with Gasteiger partial charge in [0, 0.05) is 12.1 Å². The summed E-state index contributed by atoms with van der Waals surface area (Å²) in [7, 11) is 4.44. The van der Waals surface area contributed by atoms with Gasteiger partial charge < -0.3 is 43.2 Å². The van der Waals surface area contributed by atoms with Crippen LogP contribution in [0, 0.1) is 0 Å². The number of Topliss-reactive ketones (excluding diaryl/α,β-unsaturated/α-hetero) is 1. The van der Waals surface area contributed by atoms with E-state index in [-0.39, 0.29) is 37.0 Å². The molecule has 1 atom stereocenters. The third-order valence-electron chi connectivity index (χ3n) is 6.98. The number of amides is 1. The fourth-order valence-electron chi connectivity index (χ4n) is 5.07. The quantitative estimate of drug-likeness (QED) is 0.266. The first kappa shape index (κ1) is 25.2. The lowest BCUT2D eigenvalue weighted by atomic mass is 9.94. The van der Waals surface area contributed by atoms with Crippen LogP contribution in [0.4, 0.5) is 0 Å². The first-order valence-corrected chi connectivity index (χ1v) is 12.3. The normalized spacial score (nSPS) is 18.3. The van der Waals surface area contributed by atoms with E-state index in [9.17, 15) is 14.7 Å². The molecule has 206 valence electrons. The molecule has 0 saturated carbocycles. The minimum absolute atomic E-state index is 0.00181. The molecular weight excluding hydrogens is 522 g/mol. The molecule has 0 bridgehead atoms. The third kappa shape index (κ3) is 4.06. The largest absolute Gasteiger partial charge is 0.507 e. The number of nitrogens with zero attached hydrogens (tertiary/aromatic N) is 1.